The van der Waals surface area contributed by atoms with E-state index < -0.39 is 0 Å². The summed E-state index contributed by atoms with van der Waals surface area (Å²) in [6.45, 7) is 2.69. The number of Topliss-reactive ketones (excluding diaryl/α,β-unsaturated/α-hetero) is 1. The van der Waals surface area contributed by atoms with E-state index in [9.17, 15) is 14.4 Å². The van der Waals surface area contributed by atoms with Crippen molar-refractivity contribution in [1.82, 2.24) is 0 Å². The van der Waals surface area contributed by atoms with Crippen LogP contribution in [0.15, 0.2) is 23.3 Å². The molecule has 2 amide bonds. The number of halogens is 2. The highest BCUT2D eigenvalue weighted by molar-refractivity contribution is 14.1. The van der Waals surface area contributed by atoms with Gasteiger partial charge in [0.25, 0.3) is 0 Å². The highest BCUT2D eigenvalue weighted by atomic mass is 127. The molecule has 0 aliphatic heterocycles. The first-order valence-corrected chi connectivity index (χ1v) is 13.2. The van der Waals surface area contributed by atoms with Gasteiger partial charge < -0.3 is 24.8 Å². The van der Waals surface area contributed by atoms with Crippen LogP contribution in [0.1, 0.15) is 23.2 Å². The zero-order valence-electron chi connectivity index (χ0n) is 18.1. The van der Waals surface area contributed by atoms with Gasteiger partial charge in [0.2, 0.25) is 11.8 Å². The maximum atomic E-state index is 12.6. The first kappa shape index (κ1) is 29.5. The topological polar surface area (TPSA) is 152 Å². The lowest BCUT2D eigenvalue weighted by Crippen LogP contribution is -2.16. The number of benzene rings is 1. The number of nitrogens with zero attached hydrogens (tertiary/aromatic N) is 3. The molecule has 33 heavy (non-hydrogen) atoms. The molecule has 1 aromatic carbocycles. The summed E-state index contributed by atoms with van der Waals surface area (Å²) in [4.78, 5) is 38.7. The Balaban J connectivity index is 2.36. The second-order valence-corrected chi connectivity index (χ2v) is 8.01. The predicted molar refractivity (Wildman–Crippen MR) is 142 cm³/mol. The van der Waals surface area contributed by atoms with E-state index in [1.54, 1.807) is 18.2 Å². The number of azide groups is 1. The molecule has 0 bridgehead atoms. The van der Waals surface area contributed by atoms with Crippen LogP contribution in [0, 0.1) is 0 Å². The summed E-state index contributed by atoms with van der Waals surface area (Å²) < 4.78 is 16.6. The third kappa shape index (κ3) is 14.4. The van der Waals surface area contributed by atoms with Gasteiger partial charge in [0, 0.05) is 41.4 Å². The van der Waals surface area contributed by atoms with Crippen molar-refractivity contribution in [3.05, 3.63) is 34.2 Å². The zero-order valence-corrected chi connectivity index (χ0v) is 22.4. The molecule has 0 heterocycles. The zero-order chi connectivity index (χ0) is 24.3. The summed E-state index contributed by atoms with van der Waals surface area (Å²) in [5.74, 6) is -0.494. The Labute approximate surface area is 219 Å². The van der Waals surface area contributed by atoms with Crippen molar-refractivity contribution in [2.75, 3.05) is 65.7 Å². The average molecular weight is 687 g/mol. The second kappa shape index (κ2) is 18.9. The molecule has 0 aliphatic rings. The number of hydrogen-bond acceptors (Lipinski definition) is 7. The summed E-state index contributed by atoms with van der Waals surface area (Å²) in [5, 5.41) is 8.79. The lowest BCUT2D eigenvalue weighted by Gasteiger charge is -2.11. The summed E-state index contributed by atoms with van der Waals surface area (Å²) in [7, 11) is 0. The maximum Gasteiger partial charge on any atom is 0.234 e. The van der Waals surface area contributed by atoms with Crippen LogP contribution in [0.4, 0.5) is 11.4 Å². The Morgan fingerprint density at radius 1 is 0.848 bits per heavy atom. The van der Waals surface area contributed by atoms with Gasteiger partial charge in [0.1, 0.15) is 0 Å². The van der Waals surface area contributed by atoms with Crippen molar-refractivity contribution >= 4 is 74.2 Å². The quantitative estimate of drug-likeness (QED) is 0.0457. The molecule has 0 atom stereocenters. The van der Waals surface area contributed by atoms with Gasteiger partial charge in [0.15, 0.2) is 5.78 Å². The molecule has 0 fully saturated rings. The summed E-state index contributed by atoms with van der Waals surface area (Å²) in [6, 6.07) is 4.84. The van der Waals surface area contributed by atoms with Gasteiger partial charge in [-0.15, -0.1) is 0 Å². The standard InChI is InChI=1S/C20H27I2N5O6/c21-13-19(29)25-16-10-15(11-17(12-16)26-20(30)14-22)18(28)2-1-4-31-6-8-33-9-7-32-5-3-24-27-23/h10-12H,1-9,13-14H2,(H,25,29)(H,26,30). The number of carbonyl (C=O) groups is 3. The van der Waals surface area contributed by atoms with E-state index in [2.05, 4.69) is 20.7 Å². The molecule has 2 N–H and O–H groups in total. The van der Waals surface area contributed by atoms with Gasteiger partial charge in [-0.05, 0) is 30.2 Å². The third-order valence-corrected chi connectivity index (χ3v) is 5.29. The number of ether oxygens (including phenoxy) is 3. The number of alkyl halides is 2. The maximum absolute atomic E-state index is 12.6. The molecule has 0 unspecified atom stereocenters. The molecule has 11 nitrogen and oxygen atoms in total. The van der Waals surface area contributed by atoms with Gasteiger partial charge in [-0.1, -0.05) is 50.3 Å². The Morgan fingerprint density at radius 2 is 1.36 bits per heavy atom. The van der Waals surface area contributed by atoms with Crippen molar-refractivity contribution in [3.8, 4) is 0 Å². The SMILES string of the molecule is [N-]=[N+]=NCCOCCOCCOCCCC(=O)c1cc(NC(=O)CI)cc(NC(=O)CI)c1. The number of amides is 2. The fraction of sp³-hybridized carbons (Fsp3) is 0.550. The van der Waals surface area contributed by atoms with Gasteiger partial charge in [-0.25, -0.2) is 0 Å². The van der Waals surface area contributed by atoms with Crippen LogP contribution < -0.4 is 10.6 Å². The largest absolute Gasteiger partial charge is 0.379 e. The van der Waals surface area contributed by atoms with Crippen LogP contribution in [-0.4, -0.2) is 72.6 Å². The van der Waals surface area contributed by atoms with Crippen molar-refractivity contribution < 1.29 is 28.6 Å². The van der Waals surface area contributed by atoms with E-state index in [0.29, 0.717) is 69.5 Å². The minimum Gasteiger partial charge on any atom is -0.379 e. The minimum absolute atomic E-state index is 0.108. The number of hydrogen-bond donors (Lipinski definition) is 2. The minimum atomic E-state index is -0.193. The molecule has 1 aromatic rings. The van der Waals surface area contributed by atoms with E-state index in [1.807, 2.05) is 45.2 Å². The summed E-state index contributed by atoms with van der Waals surface area (Å²) in [6.07, 6.45) is 0.796. The Hall–Kier alpha value is -1.52. The van der Waals surface area contributed by atoms with Crippen molar-refractivity contribution in [2.45, 2.75) is 12.8 Å². The second-order valence-electron chi connectivity index (χ2n) is 6.48. The van der Waals surface area contributed by atoms with Gasteiger partial charge in [-0.2, -0.15) is 0 Å². The van der Waals surface area contributed by atoms with Crippen LogP contribution >= 0.6 is 45.2 Å². The molecule has 182 valence electrons. The van der Waals surface area contributed by atoms with Crippen LogP contribution in [0.5, 0.6) is 0 Å². The fourth-order valence-electron chi connectivity index (χ4n) is 2.49. The molecule has 0 saturated heterocycles. The summed E-state index contributed by atoms with van der Waals surface area (Å²) >= 11 is 3.90. The van der Waals surface area contributed by atoms with Crippen LogP contribution in [0.25, 0.3) is 10.4 Å². The van der Waals surface area contributed by atoms with Gasteiger partial charge in [0.05, 0.1) is 41.9 Å². The highest BCUT2D eigenvalue weighted by Gasteiger charge is 2.12. The smallest absolute Gasteiger partial charge is 0.234 e. The number of carbonyl (C=O) groups excluding carboxylic acids is 3. The molecule has 13 heteroatoms. The van der Waals surface area contributed by atoms with Crippen LogP contribution in [-0.2, 0) is 23.8 Å². The first-order valence-electron chi connectivity index (χ1n) is 10.1. The first-order chi connectivity index (χ1) is 16.0. The van der Waals surface area contributed by atoms with Crippen molar-refractivity contribution in [1.29, 1.82) is 0 Å². The van der Waals surface area contributed by atoms with Crippen molar-refractivity contribution in [2.24, 2.45) is 5.11 Å². The summed E-state index contributed by atoms with van der Waals surface area (Å²) in [5.41, 5.74) is 9.46. The van der Waals surface area contributed by atoms with Crippen molar-refractivity contribution in [3.63, 3.8) is 0 Å². The number of rotatable bonds is 18. The molecular formula is C20H27I2N5O6. The molecular weight excluding hydrogens is 660 g/mol. The highest BCUT2D eigenvalue weighted by Crippen LogP contribution is 2.21. The number of nitrogens with one attached hydrogen (secondary N) is 2. The van der Waals surface area contributed by atoms with Gasteiger partial charge >= 0.3 is 0 Å². The fourth-order valence-corrected chi connectivity index (χ4v) is 2.87. The lowest BCUT2D eigenvalue weighted by molar-refractivity contribution is -0.114. The monoisotopic (exact) mass is 687 g/mol. The van der Waals surface area contributed by atoms with E-state index in [0.717, 1.165) is 0 Å². The molecule has 1 rings (SSSR count). The van der Waals surface area contributed by atoms with E-state index in [1.165, 1.54) is 0 Å². The van der Waals surface area contributed by atoms with E-state index >= 15 is 0 Å². The van der Waals surface area contributed by atoms with Crippen LogP contribution in [0.2, 0.25) is 0 Å². The Bertz CT molecular complexity index is 784. The Kier molecular flexibility index (Phi) is 16.9. The molecule has 0 aliphatic carbocycles. The molecule has 0 radical (unpaired) electrons. The third-order valence-electron chi connectivity index (χ3n) is 3.90. The molecule has 0 spiro atoms. The normalized spacial score (nSPS) is 10.4. The lowest BCUT2D eigenvalue weighted by atomic mass is 10.0. The van der Waals surface area contributed by atoms with E-state index in [-0.39, 0.29) is 32.9 Å². The molecule has 0 aromatic heterocycles. The Morgan fingerprint density at radius 3 is 1.88 bits per heavy atom. The average Bonchev–Trinajstić information content (AvgIpc) is 2.81. The van der Waals surface area contributed by atoms with Crippen LogP contribution in [0.3, 0.4) is 0 Å². The number of ketones is 1. The molecule has 0 saturated carbocycles. The van der Waals surface area contributed by atoms with E-state index in [4.69, 9.17) is 19.7 Å². The van der Waals surface area contributed by atoms with Gasteiger partial charge in [-0.3, -0.25) is 14.4 Å². The number of anilines is 2. The predicted octanol–water partition coefficient (Wildman–Crippen LogP) is 3.76.